The molecule has 0 spiro atoms. The van der Waals surface area contributed by atoms with Crippen LogP contribution in [0.4, 0.5) is 18.9 Å². The molecule has 20 heavy (non-hydrogen) atoms. The molecule has 0 aromatic carbocycles. The van der Waals surface area contributed by atoms with Crippen molar-refractivity contribution in [2.24, 2.45) is 0 Å². The quantitative estimate of drug-likeness (QED) is 0.481. The molecule has 0 fully saturated rings. The third-order valence-corrected chi connectivity index (χ3v) is 2.08. The molecule has 7 nitrogen and oxygen atoms in total. The van der Waals surface area contributed by atoms with Crippen molar-refractivity contribution >= 4 is 11.7 Å². The lowest BCUT2D eigenvalue weighted by molar-refractivity contribution is -0.389. The van der Waals surface area contributed by atoms with Gasteiger partial charge >= 0.3 is 18.0 Å². The van der Waals surface area contributed by atoms with Crippen molar-refractivity contribution in [3.63, 3.8) is 0 Å². The summed E-state index contributed by atoms with van der Waals surface area (Å²) in [4.78, 5) is 24.7. The van der Waals surface area contributed by atoms with E-state index in [1.165, 1.54) is 6.92 Å². The van der Waals surface area contributed by atoms with Crippen molar-refractivity contribution in [2.45, 2.75) is 20.2 Å². The Morgan fingerprint density at radius 1 is 1.50 bits per heavy atom. The third-order valence-electron chi connectivity index (χ3n) is 2.08. The molecule has 0 aliphatic heterocycles. The lowest BCUT2D eigenvalue weighted by atomic mass is 10.2. The lowest BCUT2D eigenvalue weighted by Crippen LogP contribution is -2.20. The number of nitro groups is 1. The van der Waals surface area contributed by atoms with Crippen LogP contribution in [-0.2, 0) is 4.74 Å². The molecule has 1 aromatic rings. The van der Waals surface area contributed by atoms with Gasteiger partial charge in [-0.3, -0.25) is 15.1 Å². The average Bonchev–Trinajstić information content (AvgIpc) is 2.29. The largest absolute Gasteiger partial charge is 0.573 e. The zero-order valence-corrected chi connectivity index (χ0v) is 10.4. The second-order valence-corrected chi connectivity index (χ2v) is 3.46. The Labute approximate surface area is 110 Å². The van der Waals surface area contributed by atoms with Gasteiger partial charge in [-0.25, -0.2) is 4.79 Å². The number of aromatic nitrogens is 1. The SMILES string of the molecule is CCOC(=O)c1cnc(C)c(OC(F)(F)F)c1[N+](=O)[O-]. The predicted octanol–water partition coefficient (Wildman–Crippen LogP) is 2.37. The van der Waals surface area contributed by atoms with Crippen molar-refractivity contribution in [3.8, 4) is 5.75 Å². The fourth-order valence-corrected chi connectivity index (χ4v) is 1.35. The molecule has 0 atom stereocenters. The van der Waals surface area contributed by atoms with Crippen molar-refractivity contribution in [3.05, 3.63) is 27.6 Å². The van der Waals surface area contributed by atoms with Crippen molar-refractivity contribution in [2.75, 3.05) is 6.61 Å². The van der Waals surface area contributed by atoms with Crippen LogP contribution in [0.3, 0.4) is 0 Å². The summed E-state index contributed by atoms with van der Waals surface area (Å²) >= 11 is 0. The summed E-state index contributed by atoms with van der Waals surface area (Å²) in [6.45, 7) is 2.43. The van der Waals surface area contributed by atoms with Crippen LogP contribution in [-0.4, -0.2) is 28.8 Å². The summed E-state index contributed by atoms with van der Waals surface area (Å²) in [5, 5.41) is 10.9. The van der Waals surface area contributed by atoms with E-state index in [9.17, 15) is 28.1 Å². The lowest BCUT2D eigenvalue weighted by Gasteiger charge is -2.12. The number of pyridine rings is 1. The van der Waals surface area contributed by atoms with Crippen LogP contribution >= 0.6 is 0 Å². The highest BCUT2D eigenvalue weighted by molar-refractivity contribution is 5.95. The van der Waals surface area contributed by atoms with Crippen molar-refractivity contribution < 1.29 is 32.4 Å². The van der Waals surface area contributed by atoms with Crippen LogP contribution < -0.4 is 4.74 Å². The number of hydrogen-bond acceptors (Lipinski definition) is 6. The van der Waals surface area contributed by atoms with E-state index in [0.29, 0.717) is 0 Å². The number of carbonyl (C=O) groups is 1. The molecule has 10 heteroatoms. The van der Waals surface area contributed by atoms with E-state index < -0.39 is 34.3 Å². The number of halogens is 3. The van der Waals surface area contributed by atoms with Gasteiger partial charge in [0.2, 0.25) is 5.75 Å². The molecular formula is C10H9F3N2O5. The van der Waals surface area contributed by atoms with Gasteiger partial charge in [0.15, 0.2) is 5.56 Å². The minimum Gasteiger partial charge on any atom is -0.462 e. The molecule has 0 amide bonds. The number of alkyl halides is 3. The maximum Gasteiger partial charge on any atom is 0.573 e. The highest BCUT2D eigenvalue weighted by atomic mass is 19.4. The zero-order valence-electron chi connectivity index (χ0n) is 10.4. The smallest absolute Gasteiger partial charge is 0.462 e. The van der Waals surface area contributed by atoms with Gasteiger partial charge in [-0.15, -0.1) is 13.2 Å². The first kappa shape index (κ1) is 15.7. The molecule has 0 unspecified atom stereocenters. The molecule has 0 bridgehead atoms. The molecule has 0 radical (unpaired) electrons. The van der Waals surface area contributed by atoms with E-state index in [2.05, 4.69) is 14.5 Å². The summed E-state index contributed by atoms with van der Waals surface area (Å²) in [6.07, 6.45) is -4.38. The first-order valence-corrected chi connectivity index (χ1v) is 5.24. The fraction of sp³-hybridized carbons (Fsp3) is 0.400. The van der Waals surface area contributed by atoms with Crippen LogP contribution in [0.25, 0.3) is 0 Å². The molecule has 110 valence electrons. The van der Waals surface area contributed by atoms with Crippen LogP contribution in [0.15, 0.2) is 6.20 Å². The average molecular weight is 294 g/mol. The number of nitrogens with zero attached hydrogens (tertiary/aromatic N) is 2. The molecule has 1 heterocycles. The summed E-state index contributed by atoms with van der Waals surface area (Å²) in [6, 6.07) is 0. The second kappa shape index (κ2) is 5.72. The summed E-state index contributed by atoms with van der Waals surface area (Å²) in [7, 11) is 0. The van der Waals surface area contributed by atoms with Gasteiger partial charge in [-0.2, -0.15) is 0 Å². The Balaban J connectivity index is 3.45. The van der Waals surface area contributed by atoms with E-state index in [4.69, 9.17) is 0 Å². The number of aryl methyl sites for hydroxylation is 1. The highest BCUT2D eigenvalue weighted by Crippen LogP contribution is 2.36. The molecule has 0 aliphatic carbocycles. The highest BCUT2D eigenvalue weighted by Gasteiger charge is 2.38. The Bertz CT molecular complexity index is 544. The van der Waals surface area contributed by atoms with Gasteiger partial charge in [0, 0.05) is 6.20 Å². The van der Waals surface area contributed by atoms with Crippen LogP contribution in [0, 0.1) is 17.0 Å². The Morgan fingerprint density at radius 3 is 2.55 bits per heavy atom. The topological polar surface area (TPSA) is 91.6 Å². The number of ether oxygens (including phenoxy) is 2. The zero-order chi connectivity index (χ0) is 15.5. The summed E-state index contributed by atoms with van der Waals surface area (Å²) in [5.41, 5.74) is -2.21. The molecule has 0 aliphatic rings. The second-order valence-electron chi connectivity index (χ2n) is 3.46. The molecule has 0 saturated heterocycles. The maximum absolute atomic E-state index is 12.3. The van der Waals surface area contributed by atoms with E-state index in [1.807, 2.05) is 0 Å². The van der Waals surface area contributed by atoms with E-state index in [-0.39, 0.29) is 12.3 Å². The number of carbonyl (C=O) groups excluding carboxylic acids is 1. The van der Waals surface area contributed by atoms with Gasteiger partial charge in [-0.1, -0.05) is 0 Å². The van der Waals surface area contributed by atoms with Gasteiger partial charge in [0.1, 0.15) is 0 Å². The Hall–Kier alpha value is -2.39. The molecule has 0 N–H and O–H groups in total. The molecule has 1 aromatic heterocycles. The van der Waals surface area contributed by atoms with E-state index >= 15 is 0 Å². The standard InChI is InChI=1S/C10H9F3N2O5/c1-3-19-9(16)6-4-14-5(2)8(7(6)15(17)18)20-10(11,12)13/h4H,3H2,1-2H3. The Kier molecular flexibility index (Phi) is 4.48. The maximum atomic E-state index is 12.3. The molecule has 1 rings (SSSR count). The first-order valence-electron chi connectivity index (χ1n) is 5.24. The monoisotopic (exact) mass is 294 g/mol. The van der Waals surface area contributed by atoms with Crippen molar-refractivity contribution in [1.29, 1.82) is 0 Å². The van der Waals surface area contributed by atoms with E-state index in [0.717, 1.165) is 13.1 Å². The normalized spacial score (nSPS) is 11.1. The Morgan fingerprint density at radius 2 is 2.10 bits per heavy atom. The van der Waals surface area contributed by atoms with Gasteiger partial charge in [0.25, 0.3) is 0 Å². The number of rotatable bonds is 4. The van der Waals surface area contributed by atoms with Crippen LogP contribution in [0.5, 0.6) is 5.75 Å². The van der Waals surface area contributed by atoms with Gasteiger partial charge in [0.05, 0.1) is 17.2 Å². The number of esters is 1. The summed E-state index contributed by atoms with van der Waals surface area (Å²) in [5.74, 6) is -2.29. The van der Waals surface area contributed by atoms with Crippen LogP contribution in [0.2, 0.25) is 0 Å². The third kappa shape index (κ3) is 3.56. The first-order chi connectivity index (χ1) is 9.17. The van der Waals surface area contributed by atoms with Gasteiger partial charge in [-0.05, 0) is 13.8 Å². The van der Waals surface area contributed by atoms with Crippen molar-refractivity contribution in [1.82, 2.24) is 4.98 Å². The van der Waals surface area contributed by atoms with E-state index in [1.54, 1.807) is 0 Å². The van der Waals surface area contributed by atoms with Gasteiger partial charge < -0.3 is 9.47 Å². The summed E-state index contributed by atoms with van der Waals surface area (Å²) < 4.78 is 44.9. The number of hydrogen-bond donors (Lipinski definition) is 0. The minimum atomic E-state index is -5.15. The van der Waals surface area contributed by atoms with Crippen LogP contribution in [0.1, 0.15) is 23.0 Å². The molecular weight excluding hydrogens is 285 g/mol. The minimum absolute atomic E-state index is 0.0979. The predicted molar refractivity (Wildman–Crippen MR) is 58.3 cm³/mol. The molecule has 0 saturated carbocycles. The fourth-order valence-electron chi connectivity index (χ4n) is 1.35.